The molecule has 2 atom stereocenters. The van der Waals surface area contributed by atoms with Crippen LogP contribution in [0.15, 0.2) is 12.3 Å². The van der Waals surface area contributed by atoms with Crippen molar-refractivity contribution in [2.24, 2.45) is 13.0 Å². The molecule has 108 valence electrons. The van der Waals surface area contributed by atoms with Crippen LogP contribution in [-0.4, -0.2) is 39.9 Å². The van der Waals surface area contributed by atoms with Crippen LogP contribution in [0.5, 0.6) is 0 Å². The third-order valence-corrected chi connectivity index (χ3v) is 4.12. The second kappa shape index (κ2) is 6.53. The molecule has 0 spiro atoms. The summed E-state index contributed by atoms with van der Waals surface area (Å²) < 4.78 is 1.90. The lowest BCUT2D eigenvalue weighted by atomic mass is 9.97. The van der Waals surface area contributed by atoms with E-state index in [1.165, 1.54) is 18.5 Å². The van der Waals surface area contributed by atoms with Gasteiger partial charge in [-0.05, 0) is 18.4 Å². The molecule has 0 aromatic carbocycles. The van der Waals surface area contributed by atoms with E-state index in [2.05, 4.69) is 42.2 Å². The minimum absolute atomic E-state index is 0.608. The van der Waals surface area contributed by atoms with E-state index in [1.54, 1.807) is 0 Å². The fourth-order valence-electron chi connectivity index (χ4n) is 2.90. The van der Waals surface area contributed by atoms with Crippen molar-refractivity contribution in [1.29, 1.82) is 0 Å². The summed E-state index contributed by atoms with van der Waals surface area (Å²) in [5, 5.41) is 8.23. The van der Waals surface area contributed by atoms with Gasteiger partial charge in [-0.3, -0.25) is 9.58 Å². The summed E-state index contributed by atoms with van der Waals surface area (Å²) >= 11 is 0. The Morgan fingerprint density at radius 1 is 1.47 bits per heavy atom. The maximum absolute atomic E-state index is 4.52. The lowest BCUT2D eigenvalue weighted by molar-refractivity contribution is 0.0983. The van der Waals surface area contributed by atoms with Gasteiger partial charge in [-0.25, -0.2) is 0 Å². The first-order valence-electron chi connectivity index (χ1n) is 7.56. The van der Waals surface area contributed by atoms with E-state index in [0.717, 1.165) is 19.6 Å². The van der Waals surface area contributed by atoms with Crippen molar-refractivity contribution in [3.05, 3.63) is 18.0 Å². The van der Waals surface area contributed by atoms with Gasteiger partial charge in [0.25, 0.3) is 0 Å². The molecule has 1 N–H and O–H groups in total. The number of rotatable bonds is 5. The van der Waals surface area contributed by atoms with Crippen molar-refractivity contribution in [2.75, 3.05) is 13.1 Å². The lowest BCUT2D eigenvalue weighted by Crippen LogP contribution is -2.57. The Balaban J connectivity index is 2.02. The van der Waals surface area contributed by atoms with Gasteiger partial charge in [0.05, 0.1) is 5.69 Å². The topological polar surface area (TPSA) is 33.1 Å². The zero-order chi connectivity index (χ0) is 13.8. The van der Waals surface area contributed by atoms with E-state index in [-0.39, 0.29) is 0 Å². The summed E-state index contributed by atoms with van der Waals surface area (Å²) in [6.45, 7) is 10.1. The molecule has 0 radical (unpaired) electrons. The van der Waals surface area contributed by atoms with Gasteiger partial charge in [0.2, 0.25) is 0 Å². The molecule has 0 saturated carbocycles. The van der Waals surface area contributed by atoms with Crippen LogP contribution in [0.25, 0.3) is 0 Å². The number of aromatic nitrogens is 2. The van der Waals surface area contributed by atoms with E-state index in [1.807, 2.05) is 17.9 Å². The third kappa shape index (κ3) is 3.80. The van der Waals surface area contributed by atoms with E-state index in [9.17, 15) is 0 Å². The Morgan fingerprint density at radius 3 is 2.84 bits per heavy atom. The molecule has 2 heterocycles. The second-order valence-electron chi connectivity index (χ2n) is 6.11. The molecule has 4 nitrogen and oxygen atoms in total. The predicted octanol–water partition coefficient (Wildman–Crippen LogP) is 2.02. The fraction of sp³-hybridized carbons (Fsp3) is 0.800. The fourth-order valence-corrected chi connectivity index (χ4v) is 2.90. The molecule has 19 heavy (non-hydrogen) atoms. The second-order valence-corrected chi connectivity index (χ2v) is 6.11. The minimum Gasteiger partial charge on any atom is -0.311 e. The highest BCUT2D eigenvalue weighted by Gasteiger charge is 2.29. The molecule has 1 aromatic heterocycles. The first-order chi connectivity index (χ1) is 9.10. The normalized spacial score (nSPS) is 25.1. The molecule has 1 aromatic rings. The number of nitrogens with zero attached hydrogens (tertiary/aromatic N) is 3. The zero-order valence-corrected chi connectivity index (χ0v) is 12.8. The standard InChI is InChI=1S/C15H28N4/c1-5-6-14-9-16-15(12(2)3)11-19(14)10-13-7-8-18(4)17-13/h7-8,12,14-16H,5-6,9-11H2,1-4H3. The average molecular weight is 264 g/mol. The molecule has 0 amide bonds. The lowest BCUT2D eigenvalue weighted by Gasteiger charge is -2.41. The van der Waals surface area contributed by atoms with Crippen LogP contribution in [0.1, 0.15) is 39.3 Å². The number of hydrogen-bond donors (Lipinski definition) is 1. The van der Waals surface area contributed by atoms with Gasteiger partial charge in [-0.1, -0.05) is 27.2 Å². The highest BCUT2D eigenvalue weighted by atomic mass is 15.3. The van der Waals surface area contributed by atoms with Crippen molar-refractivity contribution in [2.45, 2.75) is 52.2 Å². The van der Waals surface area contributed by atoms with E-state index >= 15 is 0 Å². The Labute approximate surface area is 117 Å². The number of piperazine rings is 1. The Morgan fingerprint density at radius 2 is 2.26 bits per heavy atom. The average Bonchev–Trinajstić information content (AvgIpc) is 2.77. The van der Waals surface area contributed by atoms with Crippen LogP contribution in [0, 0.1) is 5.92 Å². The SMILES string of the molecule is CCCC1CNC(C(C)C)CN1Cc1ccn(C)n1. The van der Waals surface area contributed by atoms with Gasteiger partial charge < -0.3 is 5.32 Å². The maximum atomic E-state index is 4.52. The molecule has 2 rings (SSSR count). The highest BCUT2D eigenvalue weighted by molar-refractivity contribution is 5.00. The van der Waals surface area contributed by atoms with E-state index < -0.39 is 0 Å². The summed E-state index contributed by atoms with van der Waals surface area (Å²) in [6, 6.07) is 3.40. The van der Waals surface area contributed by atoms with Crippen molar-refractivity contribution >= 4 is 0 Å². The Kier molecular flexibility index (Phi) is 4.99. The third-order valence-electron chi connectivity index (χ3n) is 4.12. The van der Waals surface area contributed by atoms with Crippen molar-refractivity contribution in [1.82, 2.24) is 20.0 Å². The Hall–Kier alpha value is -0.870. The van der Waals surface area contributed by atoms with Crippen LogP contribution in [0.3, 0.4) is 0 Å². The monoisotopic (exact) mass is 264 g/mol. The van der Waals surface area contributed by atoms with Crippen molar-refractivity contribution in [3.8, 4) is 0 Å². The smallest absolute Gasteiger partial charge is 0.0764 e. The van der Waals surface area contributed by atoms with Gasteiger partial charge in [0, 0.05) is 45.0 Å². The van der Waals surface area contributed by atoms with Crippen molar-refractivity contribution in [3.63, 3.8) is 0 Å². The van der Waals surface area contributed by atoms with Gasteiger partial charge in [0.15, 0.2) is 0 Å². The minimum atomic E-state index is 0.608. The predicted molar refractivity (Wildman–Crippen MR) is 78.9 cm³/mol. The quantitative estimate of drug-likeness (QED) is 0.883. The number of aryl methyl sites for hydroxylation is 1. The molecule has 0 bridgehead atoms. The Bertz CT molecular complexity index is 385. The first kappa shape index (κ1) is 14.5. The van der Waals surface area contributed by atoms with Crippen LogP contribution in [0.2, 0.25) is 0 Å². The van der Waals surface area contributed by atoms with E-state index in [4.69, 9.17) is 0 Å². The number of hydrogen-bond acceptors (Lipinski definition) is 3. The van der Waals surface area contributed by atoms with Crippen LogP contribution in [0.4, 0.5) is 0 Å². The molecular weight excluding hydrogens is 236 g/mol. The molecular formula is C15H28N4. The summed E-state index contributed by atoms with van der Waals surface area (Å²) in [7, 11) is 1.99. The zero-order valence-electron chi connectivity index (χ0n) is 12.8. The largest absolute Gasteiger partial charge is 0.311 e. The maximum Gasteiger partial charge on any atom is 0.0764 e. The van der Waals surface area contributed by atoms with Gasteiger partial charge in [-0.15, -0.1) is 0 Å². The number of nitrogens with one attached hydrogen (secondary N) is 1. The summed E-state index contributed by atoms with van der Waals surface area (Å²) in [4.78, 5) is 2.62. The molecule has 1 aliphatic heterocycles. The van der Waals surface area contributed by atoms with Gasteiger partial charge >= 0.3 is 0 Å². The van der Waals surface area contributed by atoms with Crippen molar-refractivity contribution < 1.29 is 0 Å². The molecule has 1 aliphatic rings. The molecule has 0 aliphatic carbocycles. The highest BCUT2D eigenvalue weighted by Crippen LogP contribution is 2.18. The molecule has 1 fully saturated rings. The van der Waals surface area contributed by atoms with E-state index in [0.29, 0.717) is 18.0 Å². The van der Waals surface area contributed by atoms with Gasteiger partial charge in [-0.2, -0.15) is 5.10 Å². The van der Waals surface area contributed by atoms with Gasteiger partial charge in [0.1, 0.15) is 0 Å². The summed E-state index contributed by atoms with van der Waals surface area (Å²) in [6.07, 6.45) is 4.55. The summed E-state index contributed by atoms with van der Waals surface area (Å²) in [5.41, 5.74) is 1.19. The summed E-state index contributed by atoms with van der Waals surface area (Å²) in [5.74, 6) is 0.689. The molecule has 2 unspecified atom stereocenters. The van der Waals surface area contributed by atoms with Crippen LogP contribution >= 0.6 is 0 Å². The molecule has 4 heteroatoms. The molecule has 1 saturated heterocycles. The first-order valence-corrected chi connectivity index (χ1v) is 7.56. The van der Waals surface area contributed by atoms with Crippen LogP contribution in [-0.2, 0) is 13.6 Å². The van der Waals surface area contributed by atoms with Crippen LogP contribution < -0.4 is 5.32 Å².